The molecule has 3 aromatic rings. The number of hydrogen-bond acceptors (Lipinski definition) is 5. The van der Waals surface area contributed by atoms with E-state index in [0.717, 1.165) is 24.1 Å². The summed E-state index contributed by atoms with van der Waals surface area (Å²) < 4.78 is 24.2. The first-order chi connectivity index (χ1) is 23.4. The fraction of sp³-hybridized carbons (Fsp3) is 0.579. The maximum Gasteiger partial charge on any atom is 2.00 e. The van der Waals surface area contributed by atoms with Crippen LogP contribution in [0.5, 0.6) is 0 Å². The number of nitrogens with zero attached hydrogens (tertiary/aromatic N) is 3. The van der Waals surface area contributed by atoms with Crippen molar-refractivity contribution in [2.24, 2.45) is 0 Å². The van der Waals surface area contributed by atoms with Crippen molar-refractivity contribution in [1.29, 1.82) is 0 Å². The number of rotatable bonds is 24. The fourth-order valence-corrected chi connectivity index (χ4v) is 6.08. The molecule has 0 saturated heterocycles. The Morgan fingerprint density at radius 3 is 1.80 bits per heavy atom. The zero-order chi connectivity index (χ0) is 36.0. The van der Waals surface area contributed by atoms with E-state index in [2.05, 4.69) is 12.0 Å². The van der Waals surface area contributed by atoms with Crippen molar-refractivity contribution < 1.29 is 32.9 Å². The average molecular weight is 761 g/mol. The van der Waals surface area contributed by atoms with Crippen molar-refractivity contribution in [3.05, 3.63) is 71.4 Å². The van der Waals surface area contributed by atoms with Crippen molar-refractivity contribution in [3.63, 3.8) is 0 Å². The number of phosphoric acid groups is 1. The maximum absolute atomic E-state index is 11.7. The zero-order valence-corrected chi connectivity index (χ0v) is 34.8. The van der Waals surface area contributed by atoms with Crippen LogP contribution in [0.25, 0.3) is 16.9 Å². The number of carboxylic acids is 1. The summed E-state index contributed by atoms with van der Waals surface area (Å²) in [5.41, 5.74) is 3.05. The van der Waals surface area contributed by atoms with E-state index in [-0.39, 0.29) is 50.8 Å². The van der Waals surface area contributed by atoms with Gasteiger partial charge in [-0.1, -0.05) is 132 Å². The molecule has 50 heavy (non-hydrogen) atoms. The summed E-state index contributed by atoms with van der Waals surface area (Å²) in [6.45, 7) is 3.47. The van der Waals surface area contributed by atoms with Gasteiger partial charge in [0.1, 0.15) is 13.2 Å². The molecule has 12 heteroatoms. The Balaban J connectivity index is 0.000000497. The number of halogens is 1. The summed E-state index contributed by atoms with van der Waals surface area (Å²) in [6.07, 6.45) is 19.8. The number of phosphoric ester groups is 1. The number of hydrogen-bond donors (Lipinski definition) is 2. The van der Waals surface area contributed by atoms with Crippen molar-refractivity contribution in [2.45, 2.75) is 103 Å². The van der Waals surface area contributed by atoms with Crippen LogP contribution in [-0.4, -0.2) is 109 Å². The maximum atomic E-state index is 11.7. The molecule has 274 valence electrons. The third-order valence-electron chi connectivity index (χ3n) is 8.04. The van der Waals surface area contributed by atoms with E-state index < -0.39 is 13.8 Å². The van der Waals surface area contributed by atoms with E-state index in [0.29, 0.717) is 33.9 Å². The summed E-state index contributed by atoms with van der Waals surface area (Å²) in [5, 5.41) is 14.3. The van der Waals surface area contributed by atoms with Crippen molar-refractivity contribution >= 4 is 63.1 Å². The van der Waals surface area contributed by atoms with E-state index in [1.807, 2.05) is 63.6 Å². The molecule has 0 aliphatic heterocycles. The van der Waals surface area contributed by atoms with Gasteiger partial charge in [-0.05, 0) is 30.7 Å². The van der Waals surface area contributed by atoms with Crippen LogP contribution in [-0.2, 0) is 24.8 Å². The van der Waals surface area contributed by atoms with Gasteiger partial charge in [0.15, 0.2) is 0 Å². The molecule has 1 aromatic heterocycles. The van der Waals surface area contributed by atoms with Gasteiger partial charge in [0.25, 0.3) is 0 Å². The van der Waals surface area contributed by atoms with E-state index >= 15 is 0 Å². The van der Waals surface area contributed by atoms with Crippen molar-refractivity contribution in [2.75, 3.05) is 40.9 Å². The first-order valence-corrected chi connectivity index (χ1v) is 19.8. The Morgan fingerprint density at radius 2 is 1.30 bits per heavy atom. The van der Waals surface area contributed by atoms with Crippen LogP contribution in [0.1, 0.15) is 102 Å². The van der Waals surface area contributed by atoms with Gasteiger partial charge in [-0.15, -0.1) is 0 Å². The number of unbranched alkanes of at least 4 members (excludes halogenated alkanes) is 13. The number of para-hydroxylation sites is 1. The molecule has 0 aliphatic carbocycles. The third-order valence-corrected chi connectivity index (χ3v) is 9.31. The number of aliphatic carboxylic acids is 1. The van der Waals surface area contributed by atoms with Crippen LogP contribution in [0.3, 0.4) is 0 Å². The zero-order valence-electron chi connectivity index (χ0n) is 30.9. The van der Waals surface area contributed by atoms with Gasteiger partial charge in [-0.2, -0.15) is 5.10 Å². The first-order valence-electron chi connectivity index (χ1n) is 17.9. The Kier molecular flexibility index (Phi) is 24.8. The molecule has 0 bridgehead atoms. The number of aromatic nitrogens is 2. The molecular formula is C38H60CaClN3O6P+3. The standard InChI is InChI=1S/C21H46NO4P.C17H13ClN2O2.Ca/c1-5-6-7-8-9-10-11-12-13-14-15-16-17-18-20-25-27(23,24)26-21-19-22(2,3)4;18-14-8-6-12(7-9-14)17-13(10-16(21)22)11-20(19-17)15-4-2-1-3-5-15;/h5-21H2,1-4H3;1-9,11H,10H2,(H,21,22);/q;;+2/p+1. The second kappa shape index (κ2) is 26.5. The van der Waals surface area contributed by atoms with Crippen LogP contribution in [0.4, 0.5) is 0 Å². The molecule has 1 heterocycles. The minimum atomic E-state index is -3.88. The summed E-state index contributed by atoms with van der Waals surface area (Å²) in [4.78, 5) is 20.7. The molecule has 0 amide bonds. The minimum Gasteiger partial charge on any atom is -0.481 e. The Bertz CT molecular complexity index is 1370. The van der Waals surface area contributed by atoms with Crippen molar-refractivity contribution in [3.8, 4) is 16.9 Å². The SMILES string of the molecule is CCCCCCCCCCCCCCCCOP(=O)(O)OCC[N+](C)(C)C.O=C(O)Cc1cn(-c2ccccc2)nc1-c1ccc(Cl)cc1.[Ca+2]. The molecule has 9 nitrogen and oxygen atoms in total. The van der Waals surface area contributed by atoms with Crippen LogP contribution >= 0.6 is 19.4 Å². The summed E-state index contributed by atoms with van der Waals surface area (Å²) in [7, 11) is 2.17. The molecule has 3 rings (SSSR count). The summed E-state index contributed by atoms with van der Waals surface area (Å²) in [5.74, 6) is -0.886. The monoisotopic (exact) mass is 760 g/mol. The van der Waals surface area contributed by atoms with Gasteiger partial charge in [0.2, 0.25) is 0 Å². The molecule has 1 atom stereocenters. The molecule has 0 fully saturated rings. The van der Waals surface area contributed by atoms with E-state index in [4.69, 9.17) is 25.8 Å². The third kappa shape index (κ3) is 22.0. The predicted molar refractivity (Wildman–Crippen MR) is 206 cm³/mol. The predicted octanol–water partition coefficient (Wildman–Crippen LogP) is 9.75. The smallest absolute Gasteiger partial charge is 0.481 e. The summed E-state index contributed by atoms with van der Waals surface area (Å²) in [6, 6.07) is 16.8. The number of carbonyl (C=O) groups is 1. The normalized spacial score (nSPS) is 12.4. The van der Waals surface area contributed by atoms with Crippen LogP contribution in [0, 0.1) is 0 Å². The number of carboxylic acid groups (broad SMARTS) is 1. The fourth-order valence-electron chi connectivity index (χ4n) is 5.21. The molecule has 2 aromatic carbocycles. The quantitative estimate of drug-likeness (QED) is 0.0405. The van der Waals surface area contributed by atoms with Gasteiger partial charge >= 0.3 is 51.5 Å². The van der Waals surface area contributed by atoms with Crippen molar-refractivity contribution in [1.82, 2.24) is 9.78 Å². The summed E-state index contributed by atoms with van der Waals surface area (Å²) >= 11 is 5.90. The molecule has 0 aliphatic rings. The molecule has 2 N–H and O–H groups in total. The van der Waals surface area contributed by atoms with Gasteiger partial charge in [-0.3, -0.25) is 13.8 Å². The molecule has 0 saturated carbocycles. The topological polar surface area (TPSA) is 111 Å². The van der Waals surface area contributed by atoms with Crippen LogP contribution in [0.2, 0.25) is 5.02 Å². The number of likely N-dealkylation sites (N-methyl/N-ethyl adjacent to an activating group) is 1. The van der Waals surface area contributed by atoms with Gasteiger partial charge in [-0.25, -0.2) is 9.25 Å². The van der Waals surface area contributed by atoms with E-state index in [9.17, 15) is 14.3 Å². The van der Waals surface area contributed by atoms with E-state index in [1.54, 1.807) is 23.0 Å². The number of benzene rings is 2. The second-order valence-corrected chi connectivity index (χ2v) is 15.5. The molecule has 0 radical (unpaired) electrons. The van der Waals surface area contributed by atoms with Crippen LogP contribution < -0.4 is 0 Å². The van der Waals surface area contributed by atoms with Gasteiger partial charge < -0.3 is 14.5 Å². The first kappa shape index (κ1) is 46.8. The van der Waals surface area contributed by atoms with Gasteiger partial charge in [0.05, 0.1) is 45.6 Å². The minimum absolute atomic E-state index is 0. The largest absolute Gasteiger partial charge is 2.00 e. The van der Waals surface area contributed by atoms with Crippen LogP contribution in [0.15, 0.2) is 60.8 Å². The Hall–Kier alpha value is -1.26. The number of quaternary nitrogens is 1. The van der Waals surface area contributed by atoms with Gasteiger partial charge in [0, 0.05) is 22.3 Å². The molecular weight excluding hydrogens is 701 g/mol. The van der Waals surface area contributed by atoms with E-state index in [1.165, 1.54) is 77.0 Å². The Labute approximate surface area is 335 Å². The Morgan fingerprint density at radius 1 is 0.800 bits per heavy atom. The molecule has 1 unspecified atom stereocenters. The molecule has 0 spiro atoms. The second-order valence-electron chi connectivity index (χ2n) is 13.6. The average Bonchev–Trinajstić information content (AvgIpc) is 3.46.